The average molecular weight is 381 g/mol. The number of hydrogen-bond acceptors (Lipinski definition) is 2. The number of aromatic nitrogens is 1. The number of Topliss-reactive ketones (excluding diaryl/α,β-unsaturated/α-hetero) is 1. The summed E-state index contributed by atoms with van der Waals surface area (Å²) in [5.74, 6) is 0.338. The van der Waals surface area contributed by atoms with Gasteiger partial charge in [-0.05, 0) is 31.5 Å². The van der Waals surface area contributed by atoms with Gasteiger partial charge in [-0.1, -0.05) is 18.2 Å². The van der Waals surface area contributed by atoms with Crippen LogP contribution in [0.25, 0.3) is 10.9 Å². The van der Waals surface area contributed by atoms with E-state index in [0.717, 1.165) is 47.8 Å². The van der Waals surface area contributed by atoms with Crippen molar-refractivity contribution in [3.63, 3.8) is 0 Å². The molecule has 2 aromatic rings. The molecule has 0 fully saturated rings. The van der Waals surface area contributed by atoms with E-state index in [2.05, 4.69) is 34.8 Å². The van der Waals surface area contributed by atoms with Gasteiger partial charge in [0.05, 0.1) is 0 Å². The van der Waals surface area contributed by atoms with Gasteiger partial charge in [0, 0.05) is 67.8 Å². The van der Waals surface area contributed by atoms with Crippen LogP contribution in [0.1, 0.15) is 35.3 Å². The second-order valence-corrected chi connectivity index (χ2v) is 5.84. The van der Waals surface area contributed by atoms with Gasteiger partial charge in [-0.3, -0.25) is 4.79 Å². The fourth-order valence-corrected chi connectivity index (χ4v) is 3.58. The fourth-order valence-electron chi connectivity index (χ4n) is 3.58. The minimum Gasteiger partial charge on any atom is -0.468 e. The van der Waals surface area contributed by atoms with Gasteiger partial charge in [0.1, 0.15) is 0 Å². The maximum Gasteiger partial charge on any atom is 0.168 e. The first kappa shape index (κ1) is 18.3. The van der Waals surface area contributed by atoms with Crippen LogP contribution >= 0.6 is 0 Å². The Hall–Kier alpha value is -1.06. The summed E-state index contributed by atoms with van der Waals surface area (Å²) < 4.78 is 2.18. The van der Waals surface area contributed by atoms with Crippen molar-refractivity contribution in [2.45, 2.75) is 25.7 Å². The first-order valence-corrected chi connectivity index (χ1v) is 7.48. The largest absolute Gasteiger partial charge is 0.468 e. The summed E-state index contributed by atoms with van der Waals surface area (Å²) in [7, 11) is 2.06. The van der Waals surface area contributed by atoms with Crippen molar-refractivity contribution in [1.82, 2.24) is 4.57 Å². The van der Waals surface area contributed by atoms with E-state index in [1.807, 2.05) is 18.3 Å². The maximum absolute atomic E-state index is 12.9. The number of nitrogens with zero attached hydrogens (tertiary/aromatic N) is 2. The van der Waals surface area contributed by atoms with E-state index in [9.17, 15) is 4.79 Å². The summed E-state index contributed by atoms with van der Waals surface area (Å²) in [5.41, 5.74) is 4.23. The Bertz CT molecular complexity index is 801. The molecule has 0 N–H and O–H groups in total. The van der Waals surface area contributed by atoms with Gasteiger partial charge in [-0.2, -0.15) is 0 Å². The summed E-state index contributed by atoms with van der Waals surface area (Å²) in [6.45, 7) is 0. The molecule has 4 rings (SSSR count). The molecule has 2 heterocycles. The van der Waals surface area contributed by atoms with E-state index in [0.29, 0.717) is 0 Å². The molecule has 1 aromatic heterocycles. The molecule has 1 atom stereocenters. The van der Waals surface area contributed by atoms with Gasteiger partial charge in [-0.25, -0.2) is 0 Å². The Kier molecular flexibility index (Phi) is 5.75. The number of carbonyl (C=O) groups is 1. The zero-order chi connectivity index (χ0) is 14.4. The number of carbonyl (C=O) groups excluding carboxylic acids is 1. The first-order valence-electron chi connectivity index (χ1n) is 7.48. The SMILES string of the molecule is Cn1c2c(c3ccccc31)C(=O)C(CC1=[C-]CC=N1)CC2.[CH3-].[Y]. The molecule has 1 aliphatic carbocycles. The van der Waals surface area contributed by atoms with Crippen LogP contribution in [0.5, 0.6) is 0 Å². The molecule has 117 valence electrons. The molecule has 1 unspecified atom stereocenters. The summed E-state index contributed by atoms with van der Waals surface area (Å²) >= 11 is 0. The van der Waals surface area contributed by atoms with Crippen LogP contribution in [0.15, 0.2) is 35.0 Å². The van der Waals surface area contributed by atoms with Crippen molar-refractivity contribution in [1.29, 1.82) is 0 Å². The van der Waals surface area contributed by atoms with E-state index in [-0.39, 0.29) is 51.8 Å². The Balaban J connectivity index is 0.000000960. The summed E-state index contributed by atoms with van der Waals surface area (Å²) in [6, 6.07) is 8.20. The third-order valence-electron chi connectivity index (χ3n) is 4.66. The zero-order valence-corrected chi connectivity index (χ0v) is 16.5. The van der Waals surface area contributed by atoms with E-state index in [4.69, 9.17) is 0 Å². The predicted molar refractivity (Wildman–Crippen MR) is 90.0 cm³/mol. The van der Waals surface area contributed by atoms with Crippen LogP contribution in [0, 0.1) is 19.4 Å². The summed E-state index contributed by atoms with van der Waals surface area (Å²) in [6.07, 6.45) is 8.50. The number of para-hydroxylation sites is 1. The molecular weight excluding hydrogens is 361 g/mol. The van der Waals surface area contributed by atoms with E-state index in [1.54, 1.807) is 0 Å². The number of aryl methyl sites for hydroxylation is 1. The number of aliphatic imine (C=N–C) groups is 1. The quantitative estimate of drug-likeness (QED) is 0.726. The smallest absolute Gasteiger partial charge is 0.168 e. The van der Waals surface area contributed by atoms with E-state index >= 15 is 0 Å². The monoisotopic (exact) mass is 381 g/mol. The second-order valence-electron chi connectivity index (χ2n) is 5.84. The molecule has 4 heteroatoms. The second kappa shape index (κ2) is 7.23. The minimum absolute atomic E-state index is 0. The van der Waals surface area contributed by atoms with Crippen LogP contribution in [-0.2, 0) is 46.2 Å². The Morgan fingerprint density at radius 1 is 1.35 bits per heavy atom. The normalized spacial score (nSPS) is 19.1. The zero-order valence-electron chi connectivity index (χ0n) is 13.7. The Morgan fingerprint density at radius 3 is 2.87 bits per heavy atom. The van der Waals surface area contributed by atoms with E-state index < -0.39 is 0 Å². The van der Waals surface area contributed by atoms with Gasteiger partial charge in [0.2, 0.25) is 0 Å². The van der Waals surface area contributed by atoms with Gasteiger partial charge in [0.15, 0.2) is 5.78 Å². The number of fused-ring (bicyclic) bond motifs is 3. The van der Waals surface area contributed by atoms with Crippen LogP contribution in [0.2, 0.25) is 0 Å². The van der Waals surface area contributed by atoms with Crippen LogP contribution in [0.3, 0.4) is 0 Å². The molecule has 0 spiro atoms. The molecule has 0 bridgehead atoms. The number of rotatable bonds is 2. The van der Waals surface area contributed by atoms with E-state index in [1.165, 1.54) is 5.69 Å². The van der Waals surface area contributed by atoms with Gasteiger partial charge in [0.25, 0.3) is 0 Å². The van der Waals surface area contributed by atoms with Gasteiger partial charge >= 0.3 is 0 Å². The molecule has 1 aromatic carbocycles. The molecule has 0 amide bonds. The van der Waals surface area contributed by atoms with Crippen LogP contribution in [0.4, 0.5) is 0 Å². The number of hydrogen-bond donors (Lipinski definition) is 0. The average Bonchev–Trinajstić information content (AvgIpc) is 3.10. The van der Waals surface area contributed by atoms with Crippen LogP contribution in [-0.4, -0.2) is 16.6 Å². The van der Waals surface area contributed by atoms with Crippen molar-refractivity contribution >= 4 is 22.9 Å². The van der Waals surface area contributed by atoms with Crippen molar-refractivity contribution in [3.05, 3.63) is 54.7 Å². The van der Waals surface area contributed by atoms with Crippen molar-refractivity contribution < 1.29 is 37.5 Å². The molecule has 3 nitrogen and oxygen atoms in total. The minimum atomic E-state index is 0. The summed E-state index contributed by atoms with van der Waals surface area (Å²) in [5, 5.41) is 1.09. The Labute approximate surface area is 162 Å². The molecule has 1 radical (unpaired) electrons. The Morgan fingerprint density at radius 2 is 2.13 bits per heavy atom. The predicted octanol–water partition coefficient (Wildman–Crippen LogP) is 3.92. The van der Waals surface area contributed by atoms with Gasteiger partial charge in [-0.15, -0.1) is 12.1 Å². The van der Waals surface area contributed by atoms with Crippen molar-refractivity contribution in [2.75, 3.05) is 0 Å². The number of allylic oxidation sites excluding steroid dienone is 2. The van der Waals surface area contributed by atoms with Crippen molar-refractivity contribution in [2.24, 2.45) is 18.0 Å². The first-order chi connectivity index (χ1) is 10.3. The molecule has 0 saturated carbocycles. The fraction of sp³-hybridized carbons (Fsp3) is 0.316. The van der Waals surface area contributed by atoms with Gasteiger partial charge < -0.3 is 23.1 Å². The third kappa shape index (κ3) is 3.01. The number of ketones is 1. The molecule has 2 aliphatic rings. The van der Waals surface area contributed by atoms with Crippen molar-refractivity contribution in [3.8, 4) is 0 Å². The number of benzene rings is 1. The third-order valence-corrected chi connectivity index (χ3v) is 4.66. The summed E-state index contributed by atoms with van der Waals surface area (Å²) in [4.78, 5) is 17.2. The maximum atomic E-state index is 12.9. The topological polar surface area (TPSA) is 34.4 Å². The molecule has 23 heavy (non-hydrogen) atoms. The molecular formula is C19H20N2OY-2. The standard InChI is InChI=1S/C18H17N2O.CH3.Y/c1-20-15-7-3-2-6-14(15)17-16(20)9-8-12(18(17)21)11-13-5-4-10-19-13;;/h2-3,6-7,10,12H,4,8-9,11H2,1H3;1H3;/q2*-1;. The molecule has 1 aliphatic heterocycles. The molecule has 0 saturated heterocycles. The van der Waals surface area contributed by atoms with Crippen LogP contribution < -0.4 is 0 Å².